The van der Waals surface area contributed by atoms with Gasteiger partial charge in [-0.05, 0) is 33.1 Å². The minimum absolute atomic E-state index is 0.115. The van der Waals surface area contributed by atoms with Crippen LogP contribution in [0.4, 0.5) is 5.95 Å². The van der Waals surface area contributed by atoms with E-state index in [-0.39, 0.29) is 23.7 Å². The van der Waals surface area contributed by atoms with Gasteiger partial charge in [0.2, 0.25) is 11.9 Å². The minimum atomic E-state index is -0.126. The number of anilines is 1. The van der Waals surface area contributed by atoms with Gasteiger partial charge in [0, 0.05) is 44.4 Å². The van der Waals surface area contributed by atoms with E-state index < -0.39 is 0 Å². The van der Waals surface area contributed by atoms with Crippen LogP contribution in [0.5, 0.6) is 0 Å². The zero-order valence-corrected chi connectivity index (χ0v) is 14.5. The van der Waals surface area contributed by atoms with Crippen molar-refractivity contribution in [1.82, 2.24) is 14.9 Å². The van der Waals surface area contributed by atoms with E-state index in [4.69, 9.17) is 4.74 Å². The number of aromatic amines is 1. The smallest absolute Gasteiger partial charge is 0.252 e. The average Bonchev–Trinajstić information content (AvgIpc) is 2.91. The van der Waals surface area contributed by atoms with Gasteiger partial charge in [0.1, 0.15) is 0 Å². The Hall–Kier alpha value is -1.89. The lowest BCUT2D eigenvalue weighted by Crippen LogP contribution is -2.46. The topological polar surface area (TPSA) is 78.5 Å². The number of hydrogen-bond acceptors (Lipinski definition) is 5. The van der Waals surface area contributed by atoms with Crippen LogP contribution in [0.25, 0.3) is 0 Å². The summed E-state index contributed by atoms with van der Waals surface area (Å²) in [6.07, 6.45) is 3.39. The molecule has 0 spiro atoms. The molecular formula is C17H26N4O3. The first-order valence-corrected chi connectivity index (χ1v) is 8.79. The highest BCUT2D eigenvalue weighted by Crippen LogP contribution is 2.16. The molecule has 2 saturated heterocycles. The number of carbonyl (C=O) groups is 1. The van der Waals surface area contributed by atoms with Crippen molar-refractivity contribution in [3.63, 3.8) is 0 Å². The lowest BCUT2D eigenvalue weighted by molar-refractivity contribution is -0.127. The van der Waals surface area contributed by atoms with Crippen molar-refractivity contribution < 1.29 is 9.53 Å². The van der Waals surface area contributed by atoms with E-state index in [0.29, 0.717) is 18.8 Å². The Bertz CT molecular complexity index is 635. The van der Waals surface area contributed by atoms with Gasteiger partial charge in [-0.3, -0.25) is 14.6 Å². The number of nitrogens with one attached hydrogen (secondary N) is 1. The van der Waals surface area contributed by atoms with Crippen LogP contribution in [0.1, 0.15) is 38.8 Å². The Labute approximate surface area is 142 Å². The molecule has 7 heteroatoms. The van der Waals surface area contributed by atoms with Gasteiger partial charge < -0.3 is 14.5 Å². The van der Waals surface area contributed by atoms with Gasteiger partial charge in [-0.25, -0.2) is 4.98 Å². The largest absolute Gasteiger partial charge is 0.372 e. The van der Waals surface area contributed by atoms with Crippen LogP contribution in [0.3, 0.4) is 0 Å². The molecule has 2 atom stereocenters. The van der Waals surface area contributed by atoms with Gasteiger partial charge in [0.05, 0.1) is 12.2 Å². The Kier molecular flexibility index (Phi) is 5.18. The Morgan fingerprint density at radius 3 is 2.71 bits per heavy atom. The second-order valence-corrected chi connectivity index (χ2v) is 6.81. The fourth-order valence-corrected chi connectivity index (χ4v) is 3.51. The first kappa shape index (κ1) is 17.0. The van der Waals surface area contributed by atoms with Gasteiger partial charge in [0.15, 0.2) is 0 Å². The van der Waals surface area contributed by atoms with E-state index in [0.717, 1.165) is 44.7 Å². The van der Waals surface area contributed by atoms with Crippen LogP contribution in [0.15, 0.2) is 10.9 Å². The van der Waals surface area contributed by atoms with Gasteiger partial charge in [0.25, 0.3) is 5.56 Å². The summed E-state index contributed by atoms with van der Waals surface area (Å²) < 4.78 is 5.73. The molecule has 1 aromatic rings. The lowest BCUT2D eigenvalue weighted by atomic mass is 10.2. The van der Waals surface area contributed by atoms with Gasteiger partial charge in [-0.2, -0.15) is 0 Å². The summed E-state index contributed by atoms with van der Waals surface area (Å²) >= 11 is 0. The molecule has 7 nitrogen and oxygen atoms in total. The number of morpholine rings is 1. The number of aromatic nitrogens is 2. The Morgan fingerprint density at radius 1 is 1.29 bits per heavy atom. The molecule has 3 heterocycles. The van der Waals surface area contributed by atoms with E-state index in [1.165, 1.54) is 0 Å². The maximum atomic E-state index is 12.0. The third-order valence-corrected chi connectivity index (χ3v) is 4.53. The predicted octanol–water partition coefficient (Wildman–Crippen LogP) is 0.939. The molecule has 3 rings (SSSR count). The van der Waals surface area contributed by atoms with Crippen molar-refractivity contribution in [1.29, 1.82) is 0 Å². The molecule has 24 heavy (non-hydrogen) atoms. The van der Waals surface area contributed by atoms with Crippen molar-refractivity contribution in [2.75, 3.05) is 31.1 Å². The highest BCUT2D eigenvalue weighted by atomic mass is 16.5. The number of amides is 1. The predicted molar refractivity (Wildman–Crippen MR) is 91.2 cm³/mol. The molecule has 2 fully saturated rings. The third kappa shape index (κ3) is 4.14. The number of nitrogens with zero attached hydrogens (tertiary/aromatic N) is 3. The highest BCUT2D eigenvalue weighted by molar-refractivity contribution is 5.77. The van der Waals surface area contributed by atoms with E-state index in [1.54, 1.807) is 6.07 Å². The molecule has 1 amide bonds. The van der Waals surface area contributed by atoms with Crippen molar-refractivity contribution in [2.24, 2.45) is 0 Å². The van der Waals surface area contributed by atoms with Crippen LogP contribution < -0.4 is 10.5 Å². The van der Waals surface area contributed by atoms with Crippen LogP contribution in [0, 0.1) is 0 Å². The zero-order valence-electron chi connectivity index (χ0n) is 14.5. The van der Waals surface area contributed by atoms with E-state index in [2.05, 4.69) is 14.9 Å². The molecule has 2 unspecified atom stereocenters. The summed E-state index contributed by atoms with van der Waals surface area (Å²) in [5.74, 6) is 0.864. The van der Waals surface area contributed by atoms with Crippen molar-refractivity contribution in [3.05, 3.63) is 22.1 Å². The number of likely N-dealkylation sites (tertiary alicyclic amines) is 1. The van der Waals surface area contributed by atoms with E-state index in [1.807, 2.05) is 18.7 Å². The first-order valence-electron chi connectivity index (χ1n) is 8.79. The number of ether oxygens (including phenoxy) is 1. The van der Waals surface area contributed by atoms with Crippen molar-refractivity contribution >= 4 is 11.9 Å². The Morgan fingerprint density at radius 2 is 2.04 bits per heavy atom. The maximum absolute atomic E-state index is 12.0. The summed E-state index contributed by atoms with van der Waals surface area (Å²) in [7, 11) is 0. The Balaban J connectivity index is 1.63. The molecule has 2 aliphatic rings. The van der Waals surface area contributed by atoms with E-state index in [9.17, 15) is 9.59 Å². The standard InChI is InChI=1S/C17H26N4O3/c1-12-10-21(11-13(2)24-12)17-18-14(9-15(22)19-17)5-3-7-20-8-4-6-16(20)23/h9,12-13H,3-8,10-11H2,1-2H3,(H,18,19,22). The molecule has 0 bridgehead atoms. The molecule has 1 aromatic heterocycles. The van der Waals surface area contributed by atoms with Gasteiger partial charge in [-0.1, -0.05) is 0 Å². The molecule has 0 saturated carbocycles. The molecule has 1 N–H and O–H groups in total. The molecule has 0 aromatic carbocycles. The molecule has 0 aliphatic carbocycles. The van der Waals surface area contributed by atoms with Crippen LogP contribution in [0.2, 0.25) is 0 Å². The van der Waals surface area contributed by atoms with Crippen LogP contribution in [-0.4, -0.2) is 59.2 Å². The molecular weight excluding hydrogens is 308 g/mol. The monoisotopic (exact) mass is 334 g/mol. The average molecular weight is 334 g/mol. The van der Waals surface area contributed by atoms with E-state index >= 15 is 0 Å². The number of H-pyrrole nitrogens is 1. The second kappa shape index (κ2) is 7.34. The first-order chi connectivity index (χ1) is 11.5. The van der Waals surface area contributed by atoms with Crippen molar-refractivity contribution in [2.45, 2.75) is 51.7 Å². The number of hydrogen-bond donors (Lipinski definition) is 1. The second-order valence-electron chi connectivity index (χ2n) is 6.81. The summed E-state index contributed by atoms with van der Waals surface area (Å²) in [6.45, 7) is 7.10. The SMILES string of the molecule is CC1CN(c2nc(CCCN3CCCC3=O)cc(=O)[nH]2)CC(C)O1. The molecule has 0 radical (unpaired) electrons. The zero-order chi connectivity index (χ0) is 17.1. The number of rotatable bonds is 5. The normalized spacial score (nSPS) is 24.7. The highest BCUT2D eigenvalue weighted by Gasteiger charge is 2.24. The minimum Gasteiger partial charge on any atom is -0.372 e. The summed E-state index contributed by atoms with van der Waals surface area (Å²) in [6, 6.07) is 1.56. The third-order valence-electron chi connectivity index (χ3n) is 4.53. The molecule has 132 valence electrons. The fraction of sp³-hybridized carbons (Fsp3) is 0.706. The lowest BCUT2D eigenvalue weighted by Gasteiger charge is -2.35. The quantitative estimate of drug-likeness (QED) is 0.867. The molecule has 2 aliphatic heterocycles. The number of carbonyl (C=O) groups excluding carboxylic acids is 1. The van der Waals surface area contributed by atoms with Crippen LogP contribution >= 0.6 is 0 Å². The number of aryl methyl sites for hydroxylation is 1. The summed E-state index contributed by atoms with van der Waals surface area (Å²) in [4.78, 5) is 35.0. The summed E-state index contributed by atoms with van der Waals surface area (Å²) in [5.41, 5.74) is 0.659. The summed E-state index contributed by atoms with van der Waals surface area (Å²) in [5, 5.41) is 0. The van der Waals surface area contributed by atoms with Crippen molar-refractivity contribution in [3.8, 4) is 0 Å². The maximum Gasteiger partial charge on any atom is 0.252 e. The van der Waals surface area contributed by atoms with Crippen LogP contribution in [-0.2, 0) is 16.0 Å². The fourth-order valence-electron chi connectivity index (χ4n) is 3.51. The van der Waals surface area contributed by atoms with Gasteiger partial charge in [-0.15, -0.1) is 0 Å². The van der Waals surface area contributed by atoms with Gasteiger partial charge >= 0.3 is 0 Å².